The van der Waals surface area contributed by atoms with Crippen LogP contribution in [0.25, 0.3) is 5.69 Å². The molecule has 6 nitrogen and oxygen atoms in total. The van der Waals surface area contributed by atoms with Gasteiger partial charge in [-0.3, -0.25) is 4.98 Å². The number of hydrogen-bond acceptors (Lipinski definition) is 3. The summed E-state index contributed by atoms with van der Waals surface area (Å²) in [4.78, 5) is 16.2. The maximum absolute atomic E-state index is 13.8. The number of rotatable bonds is 5. The fourth-order valence-corrected chi connectivity index (χ4v) is 2.39. The van der Waals surface area contributed by atoms with Crippen LogP contribution in [0.1, 0.15) is 24.2 Å². The van der Waals surface area contributed by atoms with Gasteiger partial charge in [-0.15, -0.1) is 0 Å². The minimum absolute atomic E-state index is 0.130. The molecule has 134 valence electrons. The number of benzene rings is 1. The summed E-state index contributed by atoms with van der Waals surface area (Å²) < 4.78 is 28.0. The van der Waals surface area contributed by atoms with E-state index in [4.69, 9.17) is 0 Å². The van der Waals surface area contributed by atoms with Crippen molar-refractivity contribution in [2.45, 2.75) is 19.5 Å². The molecule has 0 saturated heterocycles. The molecule has 2 N–H and O–H groups in total. The number of carbonyl (C=O) groups excluding carboxylic acids is 1. The van der Waals surface area contributed by atoms with Gasteiger partial charge in [0.1, 0.15) is 11.5 Å². The van der Waals surface area contributed by atoms with E-state index in [1.807, 2.05) is 19.1 Å². The van der Waals surface area contributed by atoms with Crippen LogP contribution in [-0.4, -0.2) is 20.8 Å². The molecule has 8 heteroatoms. The molecule has 1 unspecified atom stereocenters. The van der Waals surface area contributed by atoms with Gasteiger partial charge in [0.05, 0.1) is 17.9 Å². The second-order valence-electron chi connectivity index (χ2n) is 5.69. The molecule has 1 atom stereocenters. The number of amides is 2. The molecular weight excluding hydrogens is 340 g/mol. The van der Waals surface area contributed by atoms with Crippen LogP contribution in [0.4, 0.5) is 13.6 Å². The molecule has 0 aliphatic rings. The molecular formula is C18H17F2N5O. The van der Waals surface area contributed by atoms with E-state index < -0.39 is 11.6 Å². The molecule has 0 aliphatic heterocycles. The summed E-state index contributed by atoms with van der Waals surface area (Å²) in [5.74, 6) is -1.37. The second kappa shape index (κ2) is 7.73. The number of aromatic nitrogens is 3. The summed E-state index contributed by atoms with van der Waals surface area (Å²) in [5.41, 5.74) is 1.56. The second-order valence-corrected chi connectivity index (χ2v) is 5.69. The van der Waals surface area contributed by atoms with E-state index in [9.17, 15) is 13.6 Å². The molecule has 2 heterocycles. The summed E-state index contributed by atoms with van der Waals surface area (Å²) in [5, 5.41) is 9.52. The molecule has 3 rings (SSSR count). The van der Waals surface area contributed by atoms with E-state index >= 15 is 0 Å². The standard InChI is InChI=1S/C18H17F2N5O/c1-12(16-4-2-3-7-21-16)24-18(26)22-9-13-10-23-25(11-13)17-6-5-14(19)8-15(17)20/h2-8,10-12H,9H2,1H3,(H2,22,24,26). The molecule has 0 aliphatic carbocycles. The first-order chi connectivity index (χ1) is 12.5. The van der Waals surface area contributed by atoms with Crippen LogP contribution < -0.4 is 10.6 Å². The van der Waals surface area contributed by atoms with Crippen LogP contribution in [0.5, 0.6) is 0 Å². The first-order valence-electron chi connectivity index (χ1n) is 7.97. The SMILES string of the molecule is CC(NC(=O)NCc1cnn(-c2ccc(F)cc2F)c1)c1ccccn1. The highest BCUT2D eigenvalue weighted by Gasteiger charge is 2.11. The molecule has 1 aromatic carbocycles. The van der Waals surface area contributed by atoms with E-state index in [0.717, 1.165) is 17.8 Å². The van der Waals surface area contributed by atoms with E-state index in [0.29, 0.717) is 5.56 Å². The molecule has 0 spiro atoms. The lowest BCUT2D eigenvalue weighted by Gasteiger charge is -2.13. The molecule has 26 heavy (non-hydrogen) atoms. The van der Waals surface area contributed by atoms with Crippen molar-refractivity contribution in [3.63, 3.8) is 0 Å². The molecule has 0 radical (unpaired) electrons. The van der Waals surface area contributed by atoms with Gasteiger partial charge in [0, 0.05) is 30.6 Å². The number of urea groups is 1. The zero-order valence-electron chi connectivity index (χ0n) is 14.0. The van der Waals surface area contributed by atoms with Crippen molar-refractivity contribution >= 4 is 6.03 Å². The smallest absolute Gasteiger partial charge is 0.315 e. The summed E-state index contributed by atoms with van der Waals surface area (Å²) in [6.45, 7) is 2.04. The van der Waals surface area contributed by atoms with Gasteiger partial charge in [-0.05, 0) is 31.2 Å². The third-order valence-electron chi connectivity index (χ3n) is 3.72. The number of carbonyl (C=O) groups is 1. The normalized spacial score (nSPS) is 11.8. The van der Waals surface area contributed by atoms with Gasteiger partial charge in [0.2, 0.25) is 0 Å². The Morgan fingerprint density at radius 3 is 2.85 bits per heavy atom. The van der Waals surface area contributed by atoms with Gasteiger partial charge in [-0.2, -0.15) is 5.10 Å². The Morgan fingerprint density at radius 2 is 2.12 bits per heavy atom. The van der Waals surface area contributed by atoms with Crippen molar-refractivity contribution in [2.24, 2.45) is 0 Å². The van der Waals surface area contributed by atoms with Crippen molar-refractivity contribution in [1.29, 1.82) is 0 Å². The van der Waals surface area contributed by atoms with Crippen LogP contribution in [-0.2, 0) is 6.54 Å². The minimum atomic E-state index is -0.713. The number of halogens is 2. The van der Waals surface area contributed by atoms with Gasteiger partial charge < -0.3 is 10.6 Å². The Morgan fingerprint density at radius 1 is 1.27 bits per heavy atom. The van der Waals surface area contributed by atoms with E-state index in [2.05, 4.69) is 20.7 Å². The average molecular weight is 357 g/mol. The predicted molar refractivity (Wildman–Crippen MR) is 91.5 cm³/mol. The summed E-state index contributed by atoms with van der Waals surface area (Å²) in [6.07, 6.45) is 4.73. The Balaban J connectivity index is 1.57. The molecule has 0 saturated carbocycles. The maximum Gasteiger partial charge on any atom is 0.315 e. The first-order valence-corrected chi connectivity index (χ1v) is 7.97. The molecule has 3 aromatic rings. The lowest BCUT2D eigenvalue weighted by molar-refractivity contribution is 0.237. The van der Waals surface area contributed by atoms with E-state index in [-0.39, 0.29) is 24.3 Å². The monoisotopic (exact) mass is 357 g/mol. The van der Waals surface area contributed by atoms with Crippen LogP contribution in [0.15, 0.2) is 55.0 Å². The summed E-state index contributed by atoms with van der Waals surface area (Å²) in [7, 11) is 0. The lowest BCUT2D eigenvalue weighted by atomic mass is 10.2. The van der Waals surface area contributed by atoms with Gasteiger partial charge in [0.25, 0.3) is 0 Å². The fraction of sp³-hybridized carbons (Fsp3) is 0.167. The van der Waals surface area contributed by atoms with E-state index in [1.165, 1.54) is 16.9 Å². The minimum Gasteiger partial charge on any atom is -0.334 e. The van der Waals surface area contributed by atoms with Crippen LogP contribution >= 0.6 is 0 Å². The largest absolute Gasteiger partial charge is 0.334 e. The number of nitrogens with one attached hydrogen (secondary N) is 2. The Kier molecular flexibility index (Phi) is 5.21. The average Bonchev–Trinajstić information content (AvgIpc) is 3.09. The zero-order chi connectivity index (χ0) is 18.5. The van der Waals surface area contributed by atoms with Gasteiger partial charge >= 0.3 is 6.03 Å². The Hall–Kier alpha value is -3.29. The lowest BCUT2D eigenvalue weighted by Crippen LogP contribution is -2.36. The number of nitrogens with zero attached hydrogens (tertiary/aromatic N) is 3. The van der Waals surface area contributed by atoms with Gasteiger partial charge in [0.15, 0.2) is 5.82 Å². The first kappa shape index (κ1) is 17.5. The molecule has 0 fully saturated rings. The highest BCUT2D eigenvalue weighted by Crippen LogP contribution is 2.14. The summed E-state index contributed by atoms with van der Waals surface area (Å²) >= 11 is 0. The maximum atomic E-state index is 13.8. The molecule has 0 bridgehead atoms. The topological polar surface area (TPSA) is 71.8 Å². The van der Waals surface area contributed by atoms with Crippen molar-refractivity contribution in [2.75, 3.05) is 0 Å². The highest BCUT2D eigenvalue weighted by molar-refractivity contribution is 5.74. The van der Waals surface area contributed by atoms with Gasteiger partial charge in [-0.25, -0.2) is 18.3 Å². The Bertz CT molecular complexity index is 898. The quantitative estimate of drug-likeness (QED) is 0.737. The zero-order valence-corrected chi connectivity index (χ0v) is 14.0. The van der Waals surface area contributed by atoms with Crippen molar-refractivity contribution in [3.8, 4) is 5.69 Å². The Labute approximate surface area is 148 Å². The summed E-state index contributed by atoms with van der Waals surface area (Å²) in [6, 6.07) is 8.13. The fourth-order valence-electron chi connectivity index (χ4n) is 2.39. The highest BCUT2D eigenvalue weighted by atomic mass is 19.1. The molecule has 2 aromatic heterocycles. The van der Waals surface area contributed by atoms with Crippen molar-refractivity contribution < 1.29 is 13.6 Å². The van der Waals surface area contributed by atoms with Crippen LogP contribution in [0, 0.1) is 11.6 Å². The third-order valence-corrected chi connectivity index (χ3v) is 3.72. The number of pyridine rings is 1. The van der Waals surface area contributed by atoms with E-state index in [1.54, 1.807) is 18.5 Å². The van der Waals surface area contributed by atoms with Crippen LogP contribution in [0.3, 0.4) is 0 Å². The van der Waals surface area contributed by atoms with Gasteiger partial charge in [-0.1, -0.05) is 6.07 Å². The third kappa shape index (κ3) is 4.21. The van der Waals surface area contributed by atoms with Crippen molar-refractivity contribution in [1.82, 2.24) is 25.4 Å². The van der Waals surface area contributed by atoms with Crippen molar-refractivity contribution in [3.05, 3.63) is 77.9 Å². The predicted octanol–water partition coefficient (Wildman–Crippen LogP) is 3.11. The van der Waals surface area contributed by atoms with Crippen LogP contribution in [0.2, 0.25) is 0 Å². The number of hydrogen-bond donors (Lipinski definition) is 2. The molecule has 2 amide bonds.